The number of aryl methyl sites for hydroxylation is 1. The van der Waals surface area contributed by atoms with Crippen LogP contribution in [-0.4, -0.2) is 54.3 Å². The molecule has 1 aliphatic rings. The Labute approximate surface area is 133 Å². The molecule has 1 saturated heterocycles. The molecule has 1 aliphatic heterocycles. The fourth-order valence-corrected chi connectivity index (χ4v) is 2.50. The summed E-state index contributed by atoms with van der Waals surface area (Å²) in [5.74, 6) is -0.520. The summed E-state index contributed by atoms with van der Waals surface area (Å²) >= 11 is 5.87. The van der Waals surface area contributed by atoms with Crippen molar-refractivity contribution in [2.75, 3.05) is 26.3 Å². The normalized spacial score (nSPS) is 18.1. The predicted octanol–water partition coefficient (Wildman–Crippen LogP) is 1.73. The number of benzene rings is 1. The molecule has 1 aromatic carbocycles. The van der Waals surface area contributed by atoms with Gasteiger partial charge < -0.3 is 19.5 Å². The van der Waals surface area contributed by atoms with Crippen LogP contribution in [0, 0.1) is 6.92 Å². The fraction of sp³-hybridized carbons (Fsp3) is 0.467. The number of amides is 1. The van der Waals surface area contributed by atoms with Gasteiger partial charge in [0, 0.05) is 18.1 Å². The van der Waals surface area contributed by atoms with E-state index >= 15 is 0 Å². The topological polar surface area (TPSA) is 76.1 Å². The van der Waals surface area contributed by atoms with Gasteiger partial charge in [0.2, 0.25) is 0 Å². The maximum Gasteiger partial charge on any atom is 0.306 e. The van der Waals surface area contributed by atoms with Crippen molar-refractivity contribution in [1.82, 2.24) is 4.90 Å². The Morgan fingerprint density at radius 1 is 1.50 bits per heavy atom. The van der Waals surface area contributed by atoms with Crippen LogP contribution in [0.5, 0.6) is 5.75 Å². The van der Waals surface area contributed by atoms with Crippen LogP contribution in [0.2, 0.25) is 5.02 Å². The van der Waals surface area contributed by atoms with E-state index in [9.17, 15) is 9.59 Å². The number of morpholine rings is 1. The SMILES string of the molecule is Cc1cc(Cl)ccc1OCC(=O)N1CCOC(CC(=O)O)C1. The van der Waals surface area contributed by atoms with Gasteiger partial charge in [0.25, 0.3) is 5.91 Å². The van der Waals surface area contributed by atoms with Crippen molar-refractivity contribution in [3.63, 3.8) is 0 Å². The highest BCUT2D eigenvalue weighted by Gasteiger charge is 2.26. The van der Waals surface area contributed by atoms with E-state index in [1.54, 1.807) is 23.1 Å². The molecule has 7 heteroatoms. The van der Waals surface area contributed by atoms with Crippen molar-refractivity contribution in [2.45, 2.75) is 19.4 Å². The molecule has 6 nitrogen and oxygen atoms in total. The van der Waals surface area contributed by atoms with Gasteiger partial charge in [0.05, 0.1) is 19.1 Å². The molecule has 0 bridgehead atoms. The molecule has 0 spiro atoms. The van der Waals surface area contributed by atoms with Crippen LogP contribution in [0.15, 0.2) is 18.2 Å². The third kappa shape index (κ3) is 4.61. The van der Waals surface area contributed by atoms with E-state index in [1.807, 2.05) is 6.92 Å². The number of ether oxygens (including phenoxy) is 2. The lowest BCUT2D eigenvalue weighted by molar-refractivity contribution is -0.148. The molecule has 0 aliphatic carbocycles. The average molecular weight is 328 g/mol. The van der Waals surface area contributed by atoms with Crippen LogP contribution in [0.25, 0.3) is 0 Å². The van der Waals surface area contributed by atoms with E-state index in [2.05, 4.69) is 0 Å². The van der Waals surface area contributed by atoms with Gasteiger partial charge >= 0.3 is 5.97 Å². The van der Waals surface area contributed by atoms with Crippen molar-refractivity contribution in [2.24, 2.45) is 0 Å². The summed E-state index contributed by atoms with van der Waals surface area (Å²) in [5.41, 5.74) is 0.853. The molecule has 0 saturated carbocycles. The summed E-state index contributed by atoms with van der Waals surface area (Å²) in [7, 11) is 0. The maximum absolute atomic E-state index is 12.2. The zero-order valence-corrected chi connectivity index (χ0v) is 13.0. The lowest BCUT2D eigenvalue weighted by Gasteiger charge is -2.32. The van der Waals surface area contributed by atoms with Crippen LogP contribution in [0.1, 0.15) is 12.0 Å². The second kappa shape index (κ2) is 7.47. The van der Waals surface area contributed by atoms with Crippen LogP contribution in [-0.2, 0) is 14.3 Å². The minimum atomic E-state index is -0.938. The van der Waals surface area contributed by atoms with Crippen molar-refractivity contribution in [1.29, 1.82) is 0 Å². The first kappa shape index (κ1) is 16.6. The monoisotopic (exact) mass is 327 g/mol. The Kier molecular flexibility index (Phi) is 5.63. The van der Waals surface area contributed by atoms with Gasteiger partial charge in [-0.25, -0.2) is 0 Å². The Hall–Kier alpha value is -1.79. The Morgan fingerprint density at radius 3 is 2.95 bits per heavy atom. The molecule has 1 aromatic rings. The number of hydrogen-bond acceptors (Lipinski definition) is 4. The molecule has 1 fully saturated rings. The highest BCUT2D eigenvalue weighted by Crippen LogP contribution is 2.21. The first-order chi connectivity index (χ1) is 10.5. The largest absolute Gasteiger partial charge is 0.483 e. The molecule has 120 valence electrons. The highest BCUT2D eigenvalue weighted by atomic mass is 35.5. The zero-order chi connectivity index (χ0) is 16.1. The quantitative estimate of drug-likeness (QED) is 0.891. The third-order valence-electron chi connectivity index (χ3n) is 3.38. The molecule has 1 heterocycles. The molecule has 1 atom stereocenters. The van der Waals surface area contributed by atoms with Gasteiger partial charge in [-0.1, -0.05) is 11.6 Å². The van der Waals surface area contributed by atoms with E-state index in [4.69, 9.17) is 26.2 Å². The lowest BCUT2D eigenvalue weighted by Crippen LogP contribution is -2.47. The number of aliphatic carboxylic acids is 1. The Balaban J connectivity index is 1.87. The fourth-order valence-electron chi connectivity index (χ4n) is 2.27. The van der Waals surface area contributed by atoms with Gasteiger partial charge in [0.1, 0.15) is 5.75 Å². The number of nitrogens with zero attached hydrogens (tertiary/aromatic N) is 1. The number of rotatable bonds is 5. The van der Waals surface area contributed by atoms with Crippen molar-refractivity contribution in [3.05, 3.63) is 28.8 Å². The van der Waals surface area contributed by atoms with Crippen LogP contribution < -0.4 is 4.74 Å². The van der Waals surface area contributed by atoms with Crippen LogP contribution >= 0.6 is 11.6 Å². The van der Waals surface area contributed by atoms with E-state index < -0.39 is 12.1 Å². The zero-order valence-electron chi connectivity index (χ0n) is 12.3. The lowest BCUT2D eigenvalue weighted by atomic mass is 10.2. The van der Waals surface area contributed by atoms with E-state index in [1.165, 1.54) is 0 Å². The summed E-state index contributed by atoms with van der Waals surface area (Å²) < 4.78 is 10.9. The number of carboxylic acids is 1. The molecule has 1 N–H and O–H groups in total. The molecule has 0 aromatic heterocycles. The number of carbonyl (C=O) groups excluding carboxylic acids is 1. The summed E-state index contributed by atoms with van der Waals surface area (Å²) in [6, 6.07) is 5.18. The third-order valence-corrected chi connectivity index (χ3v) is 3.62. The van der Waals surface area contributed by atoms with Gasteiger partial charge in [-0.05, 0) is 30.7 Å². The van der Waals surface area contributed by atoms with Gasteiger partial charge in [-0.2, -0.15) is 0 Å². The number of carbonyl (C=O) groups is 2. The first-order valence-electron chi connectivity index (χ1n) is 6.96. The van der Waals surface area contributed by atoms with E-state index in [0.717, 1.165) is 5.56 Å². The second-order valence-electron chi connectivity index (χ2n) is 5.13. The molecule has 1 amide bonds. The van der Waals surface area contributed by atoms with Gasteiger partial charge in [-0.3, -0.25) is 9.59 Å². The van der Waals surface area contributed by atoms with Crippen LogP contribution in [0.4, 0.5) is 0 Å². The van der Waals surface area contributed by atoms with E-state index in [0.29, 0.717) is 23.9 Å². The first-order valence-corrected chi connectivity index (χ1v) is 7.33. The standard InChI is InChI=1S/C15H18ClNO5/c1-10-6-11(16)2-3-13(10)22-9-14(18)17-4-5-21-12(8-17)7-15(19)20/h2-3,6,12H,4-5,7-9H2,1H3,(H,19,20). The number of halogens is 1. The summed E-state index contributed by atoms with van der Waals surface area (Å²) in [4.78, 5) is 24.4. The minimum absolute atomic E-state index is 0.0950. The maximum atomic E-state index is 12.2. The highest BCUT2D eigenvalue weighted by molar-refractivity contribution is 6.30. The van der Waals surface area contributed by atoms with Crippen molar-refractivity contribution >= 4 is 23.5 Å². The van der Waals surface area contributed by atoms with Crippen molar-refractivity contribution < 1.29 is 24.2 Å². The minimum Gasteiger partial charge on any atom is -0.483 e. The molecule has 22 heavy (non-hydrogen) atoms. The summed E-state index contributed by atoms with van der Waals surface area (Å²) in [6.07, 6.45) is -0.575. The number of carboxylic acid groups (broad SMARTS) is 1. The van der Waals surface area contributed by atoms with Gasteiger partial charge in [-0.15, -0.1) is 0 Å². The molecular weight excluding hydrogens is 310 g/mol. The molecule has 0 radical (unpaired) electrons. The Morgan fingerprint density at radius 2 is 2.27 bits per heavy atom. The van der Waals surface area contributed by atoms with Crippen molar-refractivity contribution in [3.8, 4) is 5.75 Å². The second-order valence-corrected chi connectivity index (χ2v) is 5.57. The molecule has 1 unspecified atom stereocenters. The molecule has 2 rings (SSSR count). The smallest absolute Gasteiger partial charge is 0.306 e. The molecular formula is C15H18ClNO5. The Bertz CT molecular complexity index is 563. The predicted molar refractivity (Wildman–Crippen MR) is 80.3 cm³/mol. The average Bonchev–Trinajstić information content (AvgIpc) is 2.45. The number of hydrogen-bond donors (Lipinski definition) is 1. The summed E-state index contributed by atoms with van der Waals surface area (Å²) in [5, 5.41) is 9.39. The van der Waals surface area contributed by atoms with Crippen LogP contribution in [0.3, 0.4) is 0 Å². The van der Waals surface area contributed by atoms with E-state index in [-0.39, 0.29) is 25.5 Å². The van der Waals surface area contributed by atoms with Gasteiger partial charge in [0.15, 0.2) is 6.61 Å². The summed E-state index contributed by atoms with van der Waals surface area (Å²) in [6.45, 7) is 2.81.